The minimum Gasteiger partial charge on any atom is -0.324 e. The zero-order valence-electron chi connectivity index (χ0n) is 10.5. The molecule has 0 aliphatic carbocycles. The van der Waals surface area contributed by atoms with Crippen LogP contribution in [0.5, 0.6) is 0 Å². The highest BCUT2D eigenvalue weighted by molar-refractivity contribution is 6.31. The van der Waals surface area contributed by atoms with Crippen molar-refractivity contribution in [3.63, 3.8) is 0 Å². The van der Waals surface area contributed by atoms with Crippen molar-refractivity contribution in [1.82, 2.24) is 0 Å². The molecule has 0 spiro atoms. The molecule has 2 aromatic carbocycles. The molecule has 0 aliphatic rings. The topological polar surface area (TPSA) is 26.0 Å². The van der Waals surface area contributed by atoms with Gasteiger partial charge in [-0.25, -0.2) is 8.78 Å². The van der Waals surface area contributed by atoms with Crippen molar-refractivity contribution in [2.45, 2.75) is 19.4 Å². The Morgan fingerprint density at radius 3 is 2.37 bits per heavy atom. The number of hydrogen-bond acceptors (Lipinski definition) is 1. The highest BCUT2D eigenvalue weighted by atomic mass is 35.5. The molecule has 0 heterocycles. The number of nitrogens with two attached hydrogens (primary N) is 1. The minimum atomic E-state index is -0.568. The maximum absolute atomic E-state index is 13.6. The molecule has 2 N–H and O–H groups in total. The molecule has 1 nitrogen and oxygen atoms in total. The number of benzene rings is 2. The summed E-state index contributed by atoms with van der Waals surface area (Å²) in [5.41, 5.74) is 7.73. The summed E-state index contributed by atoms with van der Waals surface area (Å²) >= 11 is 5.94. The van der Waals surface area contributed by atoms with Gasteiger partial charge < -0.3 is 5.73 Å². The van der Waals surface area contributed by atoms with Crippen LogP contribution in [0.25, 0.3) is 0 Å². The van der Waals surface area contributed by atoms with Crippen LogP contribution in [0.1, 0.15) is 22.7 Å². The predicted molar refractivity (Wildman–Crippen MR) is 73.2 cm³/mol. The van der Waals surface area contributed by atoms with E-state index >= 15 is 0 Å². The Kier molecular flexibility index (Phi) is 4.17. The second kappa shape index (κ2) is 5.68. The summed E-state index contributed by atoms with van der Waals surface area (Å²) in [5.74, 6) is -1.14. The van der Waals surface area contributed by atoms with E-state index in [4.69, 9.17) is 17.3 Å². The summed E-state index contributed by atoms with van der Waals surface area (Å²) < 4.78 is 27.1. The van der Waals surface area contributed by atoms with Crippen LogP contribution in [0.2, 0.25) is 5.02 Å². The molecule has 2 rings (SSSR count). The van der Waals surface area contributed by atoms with Gasteiger partial charge in [0, 0.05) is 16.6 Å². The first-order chi connectivity index (χ1) is 8.99. The molecule has 0 aliphatic heterocycles. The summed E-state index contributed by atoms with van der Waals surface area (Å²) in [4.78, 5) is 0. The third-order valence-electron chi connectivity index (χ3n) is 3.10. The Morgan fingerprint density at radius 2 is 1.79 bits per heavy atom. The zero-order chi connectivity index (χ0) is 14.0. The van der Waals surface area contributed by atoms with Crippen LogP contribution in [0, 0.1) is 18.6 Å². The van der Waals surface area contributed by atoms with Crippen LogP contribution in [-0.2, 0) is 6.42 Å². The molecule has 0 amide bonds. The SMILES string of the molecule is Cc1cc(C(N)Cc2c(F)cccc2F)ccc1Cl. The zero-order valence-corrected chi connectivity index (χ0v) is 11.2. The standard InChI is InChI=1S/C15H14ClF2N/c1-9-7-10(5-6-12(9)16)15(19)8-11-13(17)3-2-4-14(11)18/h2-7,15H,8,19H2,1H3. The van der Waals surface area contributed by atoms with E-state index in [9.17, 15) is 8.78 Å². The molecule has 100 valence electrons. The first-order valence-corrected chi connectivity index (χ1v) is 6.31. The summed E-state index contributed by atoms with van der Waals surface area (Å²) in [6, 6.07) is 8.69. The molecule has 0 saturated carbocycles. The summed E-state index contributed by atoms with van der Waals surface area (Å²) in [6.45, 7) is 1.86. The van der Waals surface area contributed by atoms with Gasteiger partial charge in [-0.15, -0.1) is 0 Å². The van der Waals surface area contributed by atoms with Gasteiger partial charge in [0.1, 0.15) is 11.6 Å². The van der Waals surface area contributed by atoms with E-state index in [-0.39, 0.29) is 12.0 Å². The Balaban J connectivity index is 2.25. The predicted octanol–water partition coefficient (Wildman–Crippen LogP) is 4.17. The summed E-state index contributed by atoms with van der Waals surface area (Å²) in [5, 5.41) is 0.646. The average molecular weight is 282 g/mol. The molecular formula is C15H14ClF2N. The van der Waals surface area contributed by atoms with Crippen molar-refractivity contribution in [2.75, 3.05) is 0 Å². The Hall–Kier alpha value is -1.45. The molecular weight excluding hydrogens is 268 g/mol. The minimum absolute atomic E-state index is 0.0163. The van der Waals surface area contributed by atoms with E-state index in [2.05, 4.69) is 0 Å². The lowest BCUT2D eigenvalue weighted by molar-refractivity contribution is 0.540. The van der Waals surface area contributed by atoms with Crippen molar-refractivity contribution in [2.24, 2.45) is 5.73 Å². The van der Waals surface area contributed by atoms with Crippen LogP contribution < -0.4 is 5.73 Å². The Labute approximate surface area is 116 Å². The third kappa shape index (κ3) is 3.11. The van der Waals surface area contributed by atoms with E-state index in [0.29, 0.717) is 5.02 Å². The van der Waals surface area contributed by atoms with Crippen molar-refractivity contribution in [1.29, 1.82) is 0 Å². The van der Waals surface area contributed by atoms with E-state index in [1.165, 1.54) is 18.2 Å². The highest BCUT2D eigenvalue weighted by Gasteiger charge is 2.14. The van der Waals surface area contributed by atoms with Crippen molar-refractivity contribution in [3.05, 3.63) is 69.7 Å². The monoisotopic (exact) mass is 281 g/mol. The van der Waals surface area contributed by atoms with E-state index < -0.39 is 17.7 Å². The molecule has 0 radical (unpaired) electrons. The van der Waals surface area contributed by atoms with Crippen molar-refractivity contribution < 1.29 is 8.78 Å². The molecule has 0 saturated heterocycles. The molecule has 19 heavy (non-hydrogen) atoms. The van der Waals surface area contributed by atoms with Gasteiger partial charge in [-0.3, -0.25) is 0 Å². The fourth-order valence-electron chi connectivity index (χ4n) is 1.96. The highest BCUT2D eigenvalue weighted by Crippen LogP contribution is 2.24. The van der Waals surface area contributed by atoms with E-state index in [0.717, 1.165) is 11.1 Å². The molecule has 0 bridgehead atoms. The van der Waals surface area contributed by atoms with Gasteiger partial charge in [-0.2, -0.15) is 0 Å². The van der Waals surface area contributed by atoms with Crippen molar-refractivity contribution >= 4 is 11.6 Å². The largest absolute Gasteiger partial charge is 0.324 e. The van der Waals surface area contributed by atoms with Crippen LogP contribution in [0.3, 0.4) is 0 Å². The molecule has 4 heteroatoms. The number of rotatable bonds is 3. The maximum atomic E-state index is 13.6. The smallest absolute Gasteiger partial charge is 0.129 e. The molecule has 1 unspecified atom stereocenters. The van der Waals surface area contributed by atoms with Crippen molar-refractivity contribution in [3.8, 4) is 0 Å². The van der Waals surface area contributed by atoms with Gasteiger partial charge in [0.25, 0.3) is 0 Å². The van der Waals surface area contributed by atoms with E-state index in [1.807, 2.05) is 13.0 Å². The van der Waals surface area contributed by atoms with Crippen LogP contribution in [-0.4, -0.2) is 0 Å². The second-order valence-electron chi connectivity index (χ2n) is 4.52. The third-order valence-corrected chi connectivity index (χ3v) is 3.52. The fourth-order valence-corrected chi connectivity index (χ4v) is 2.08. The van der Waals surface area contributed by atoms with E-state index in [1.54, 1.807) is 12.1 Å². The Morgan fingerprint density at radius 1 is 1.16 bits per heavy atom. The average Bonchev–Trinajstić information content (AvgIpc) is 2.37. The summed E-state index contributed by atoms with van der Waals surface area (Å²) in [6.07, 6.45) is 0.111. The lowest BCUT2D eigenvalue weighted by Gasteiger charge is -2.14. The van der Waals surface area contributed by atoms with Crippen LogP contribution in [0.4, 0.5) is 8.78 Å². The first kappa shape index (κ1) is 14.0. The van der Waals surface area contributed by atoms with Crippen LogP contribution in [0.15, 0.2) is 36.4 Å². The molecule has 1 atom stereocenters. The van der Waals surface area contributed by atoms with Gasteiger partial charge >= 0.3 is 0 Å². The fraction of sp³-hybridized carbons (Fsp3) is 0.200. The quantitative estimate of drug-likeness (QED) is 0.898. The van der Waals surface area contributed by atoms with Gasteiger partial charge in [0.05, 0.1) is 0 Å². The molecule has 0 fully saturated rings. The number of hydrogen-bond donors (Lipinski definition) is 1. The normalized spacial score (nSPS) is 12.5. The molecule has 0 aromatic heterocycles. The lowest BCUT2D eigenvalue weighted by Crippen LogP contribution is -2.15. The summed E-state index contributed by atoms with van der Waals surface area (Å²) in [7, 11) is 0. The van der Waals surface area contributed by atoms with Gasteiger partial charge in [0.15, 0.2) is 0 Å². The van der Waals surface area contributed by atoms with Gasteiger partial charge in [-0.1, -0.05) is 29.8 Å². The molecule has 2 aromatic rings. The van der Waals surface area contributed by atoms with Crippen LogP contribution >= 0.6 is 11.6 Å². The van der Waals surface area contributed by atoms with Gasteiger partial charge in [-0.05, 0) is 42.7 Å². The maximum Gasteiger partial charge on any atom is 0.129 e. The number of halogens is 3. The lowest BCUT2D eigenvalue weighted by atomic mass is 9.98. The number of aryl methyl sites for hydroxylation is 1. The second-order valence-corrected chi connectivity index (χ2v) is 4.93. The first-order valence-electron chi connectivity index (χ1n) is 5.93. The van der Waals surface area contributed by atoms with Gasteiger partial charge in [0.2, 0.25) is 0 Å². The Bertz CT molecular complexity index is 578.